The molecule has 0 saturated carbocycles. The highest BCUT2D eigenvalue weighted by molar-refractivity contribution is 7.89. The van der Waals surface area contributed by atoms with E-state index < -0.39 is 28.1 Å². The molecule has 1 atom stereocenters. The second kappa shape index (κ2) is 9.29. The van der Waals surface area contributed by atoms with E-state index in [0.717, 1.165) is 5.56 Å². The van der Waals surface area contributed by atoms with Crippen LogP contribution in [0.25, 0.3) is 0 Å². The molecular formula is C19H21NO6S. The maximum absolute atomic E-state index is 12.2. The Kier molecular flexibility index (Phi) is 7.09. The van der Waals surface area contributed by atoms with Crippen molar-refractivity contribution in [3.63, 3.8) is 0 Å². The Morgan fingerprint density at radius 3 is 2.26 bits per heavy atom. The maximum atomic E-state index is 12.2. The topological polar surface area (TPSA) is 98.8 Å². The van der Waals surface area contributed by atoms with Gasteiger partial charge in [-0.05, 0) is 19.1 Å². The molecule has 0 aliphatic rings. The molecule has 0 spiro atoms. The van der Waals surface area contributed by atoms with Crippen molar-refractivity contribution in [2.75, 3.05) is 13.7 Å². The van der Waals surface area contributed by atoms with E-state index in [1.807, 2.05) is 6.92 Å². The molecule has 144 valence electrons. The van der Waals surface area contributed by atoms with Gasteiger partial charge in [0.15, 0.2) is 0 Å². The SMILES string of the molecule is COC(=O)C(OC(=O)CCNS(=O)(=O)c1ccc(C)cc1)c1ccccc1. The van der Waals surface area contributed by atoms with Gasteiger partial charge in [-0.1, -0.05) is 48.0 Å². The van der Waals surface area contributed by atoms with Gasteiger partial charge in [0.2, 0.25) is 16.1 Å². The quantitative estimate of drug-likeness (QED) is 0.692. The third-order valence-electron chi connectivity index (χ3n) is 3.72. The predicted octanol–water partition coefficient (Wildman–Crippen LogP) is 2.12. The average molecular weight is 391 g/mol. The number of methoxy groups -OCH3 is 1. The van der Waals surface area contributed by atoms with Crippen LogP contribution in [-0.4, -0.2) is 34.0 Å². The van der Waals surface area contributed by atoms with Crippen LogP contribution in [0.2, 0.25) is 0 Å². The molecule has 1 unspecified atom stereocenters. The normalized spacial score (nSPS) is 12.2. The van der Waals surface area contributed by atoms with E-state index in [2.05, 4.69) is 9.46 Å². The summed E-state index contributed by atoms with van der Waals surface area (Å²) >= 11 is 0. The van der Waals surface area contributed by atoms with Crippen LogP contribution in [0, 0.1) is 6.92 Å². The van der Waals surface area contributed by atoms with Gasteiger partial charge in [-0.3, -0.25) is 4.79 Å². The summed E-state index contributed by atoms with van der Waals surface area (Å²) in [6.45, 7) is 1.70. The minimum absolute atomic E-state index is 0.109. The molecule has 2 rings (SSSR count). The van der Waals surface area contributed by atoms with Crippen molar-refractivity contribution in [3.05, 3.63) is 65.7 Å². The summed E-state index contributed by atoms with van der Waals surface area (Å²) in [4.78, 5) is 24.0. The Hall–Kier alpha value is -2.71. The standard InChI is InChI=1S/C19H21NO6S/c1-14-8-10-16(11-9-14)27(23,24)20-13-12-17(21)26-18(19(22)25-2)15-6-4-3-5-7-15/h3-11,18,20H,12-13H2,1-2H3. The fourth-order valence-electron chi connectivity index (χ4n) is 2.27. The molecule has 0 radical (unpaired) electrons. The number of rotatable bonds is 8. The number of carbonyl (C=O) groups excluding carboxylic acids is 2. The average Bonchev–Trinajstić information content (AvgIpc) is 2.66. The molecule has 0 fully saturated rings. The van der Waals surface area contributed by atoms with Gasteiger partial charge in [-0.2, -0.15) is 0 Å². The van der Waals surface area contributed by atoms with Crippen molar-refractivity contribution in [2.24, 2.45) is 0 Å². The monoisotopic (exact) mass is 391 g/mol. The highest BCUT2D eigenvalue weighted by Gasteiger charge is 2.25. The molecule has 2 aromatic rings. The molecule has 1 N–H and O–H groups in total. The van der Waals surface area contributed by atoms with Gasteiger partial charge in [0, 0.05) is 12.1 Å². The largest absolute Gasteiger partial charge is 0.466 e. The van der Waals surface area contributed by atoms with Crippen molar-refractivity contribution < 1.29 is 27.5 Å². The summed E-state index contributed by atoms with van der Waals surface area (Å²) in [7, 11) is -2.53. The van der Waals surface area contributed by atoms with E-state index in [1.54, 1.807) is 42.5 Å². The number of hydrogen-bond acceptors (Lipinski definition) is 6. The highest BCUT2D eigenvalue weighted by Crippen LogP contribution is 2.19. The fraction of sp³-hybridized carbons (Fsp3) is 0.263. The number of esters is 2. The van der Waals surface area contributed by atoms with E-state index in [9.17, 15) is 18.0 Å². The summed E-state index contributed by atoms with van der Waals surface area (Å²) in [5.41, 5.74) is 1.41. The van der Waals surface area contributed by atoms with Crippen LogP contribution in [0.1, 0.15) is 23.7 Å². The van der Waals surface area contributed by atoms with E-state index in [1.165, 1.54) is 19.2 Å². The van der Waals surface area contributed by atoms with Crippen molar-refractivity contribution in [1.82, 2.24) is 4.72 Å². The number of carbonyl (C=O) groups is 2. The Morgan fingerprint density at radius 2 is 1.67 bits per heavy atom. The molecule has 2 aromatic carbocycles. The lowest BCUT2D eigenvalue weighted by atomic mass is 10.1. The third kappa shape index (κ3) is 5.90. The lowest BCUT2D eigenvalue weighted by Gasteiger charge is -2.16. The van der Waals surface area contributed by atoms with Crippen molar-refractivity contribution in [1.29, 1.82) is 0 Å². The number of nitrogens with one attached hydrogen (secondary N) is 1. The number of aryl methyl sites for hydroxylation is 1. The summed E-state index contributed by atoms with van der Waals surface area (Å²) < 4.78 is 36.6. The van der Waals surface area contributed by atoms with Crippen molar-refractivity contribution in [3.8, 4) is 0 Å². The Balaban J connectivity index is 1.94. The molecule has 7 nitrogen and oxygen atoms in total. The van der Waals surface area contributed by atoms with Crippen LogP contribution in [0.15, 0.2) is 59.5 Å². The summed E-state index contributed by atoms with van der Waals surface area (Å²) in [5, 5.41) is 0. The zero-order valence-corrected chi connectivity index (χ0v) is 15.9. The zero-order valence-electron chi connectivity index (χ0n) is 15.0. The lowest BCUT2D eigenvalue weighted by Crippen LogP contribution is -2.28. The van der Waals surface area contributed by atoms with Gasteiger partial charge in [0.25, 0.3) is 0 Å². The van der Waals surface area contributed by atoms with Gasteiger partial charge in [-0.15, -0.1) is 0 Å². The molecule has 0 aromatic heterocycles. The summed E-state index contributed by atoms with van der Waals surface area (Å²) in [6, 6.07) is 14.8. The Morgan fingerprint density at radius 1 is 1.04 bits per heavy atom. The first-order valence-electron chi connectivity index (χ1n) is 8.22. The maximum Gasteiger partial charge on any atom is 0.351 e. The highest BCUT2D eigenvalue weighted by atomic mass is 32.2. The van der Waals surface area contributed by atoms with Gasteiger partial charge >= 0.3 is 11.9 Å². The molecule has 0 bridgehead atoms. The van der Waals surface area contributed by atoms with Crippen molar-refractivity contribution >= 4 is 22.0 Å². The molecule has 0 aliphatic heterocycles. The number of benzene rings is 2. The Labute approximate surface area is 158 Å². The number of sulfonamides is 1. The molecular weight excluding hydrogens is 370 g/mol. The second-order valence-electron chi connectivity index (χ2n) is 5.76. The summed E-state index contributed by atoms with van der Waals surface area (Å²) in [6.07, 6.45) is -1.43. The zero-order chi connectivity index (χ0) is 19.9. The first-order chi connectivity index (χ1) is 12.8. The van der Waals surface area contributed by atoms with E-state index in [4.69, 9.17) is 4.74 Å². The van der Waals surface area contributed by atoms with E-state index >= 15 is 0 Å². The molecule has 0 amide bonds. The number of hydrogen-bond donors (Lipinski definition) is 1. The van der Waals surface area contributed by atoms with E-state index in [0.29, 0.717) is 5.56 Å². The molecule has 0 aliphatic carbocycles. The van der Waals surface area contributed by atoms with Crippen LogP contribution in [0.4, 0.5) is 0 Å². The van der Waals surface area contributed by atoms with Gasteiger partial charge in [0.1, 0.15) is 0 Å². The first kappa shape index (κ1) is 20.6. The first-order valence-corrected chi connectivity index (χ1v) is 9.70. The van der Waals surface area contributed by atoms with Crippen LogP contribution in [0.3, 0.4) is 0 Å². The minimum Gasteiger partial charge on any atom is -0.466 e. The molecule has 27 heavy (non-hydrogen) atoms. The number of ether oxygens (including phenoxy) is 2. The molecule has 0 saturated heterocycles. The van der Waals surface area contributed by atoms with Crippen molar-refractivity contribution in [2.45, 2.75) is 24.3 Å². The summed E-state index contributed by atoms with van der Waals surface area (Å²) in [5.74, 6) is -1.43. The van der Waals surface area contributed by atoms with Gasteiger partial charge < -0.3 is 9.47 Å². The van der Waals surface area contributed by atoms with Gasteiger partial charge in [-0.25, -0.2) is 17.9 Å². The predicted molar refractivity (Wildman–Crippen MR) is 98.3 cm³/mol. The molecule has 0 heterocycles. The lowest BCUT2D eigenvalue weighted by molar-refractivity contribution is -0.166. The van der Waals surface area contributed by atoms with Crippen LogP contribution in [0.5, 0.6) is 0 Å². The third-order valence-corrected chi connectivity index (χ3v) is 5.20. The minimum atomic E-state index is -3.72. The van der Waals surface area contributed by atoms with Crippen LogP contribution >= 0.6 is 0 Å². The second-order valence-corrected chi connectivity index (χ2v) is 7.53. The van der Waals surface area contributed by atoms with Crippen LogP contribution < -0.4 is 4.72 Å². The Bertz CT molecular complexity index is 878. The van der Waals surface area contributed by atoms with Crippen LogP contribution in [-0.2, 0) is 29.1 Å². The van der Waals surface area contributed by atoms with Gasteiger partial charge in [0.05, 0.1) is 18.4 Å². The molecule has 8 heteroatoms. The smallest absolute Gasteiger partial charge is 0.351 e. The van der Waals surface area contributed by atoms with E-state index in [-0.39, 0.29) is 17.9 Å². The fourth-order valence-corrected chi connectivity index (χ4v) is 3.30.